The van der Waals surface area contributed by atoms with Gasteiger partial charge >= 0.3 is 6.36 Å². The highest BCUT2D eigenvalue weighted by Crippen LogP contribution is 2.26. The molecule has 1 aromatic carbocycles. The van der Waals surface area contributed by atoms with Crippen molar-refractivity contribution in [2.24, 2.45) is 0 Å². The normalized spacial score (nSPS) is 11.4. The fourth-order valence-corrected chi connectivity index (χ4v) is 1.74. The second-order valence-corrected chi connectivity index (χ2v) is 3.66. The zero-order chi connectivity index (χ0) is 11.6. The number of benzene rings is 1. The summed E-state index contributed by atoms with van der Waals surface area (Å²) in [6, 6.07) is 5.61. The lowest BCUT2D eigenvalue weighted by molar-refractivity contribution is -0.274. The first-order valence-electron chi connectivity index (χ1n) is 4.29. The molecule has 0 atom stereocenters. The van der Waals surface area contributed by atoms with Crippen molar-refractivity contribution in [3.05, 3.63) is 35.2 Å². The number of halogens is 3. The van der Waals surface area contributed by atoms with E-state index in [1.807, 2.05) is 5.38 Å². The number of ether oxygens (including phenoxy) is 1. The Morgan fingerprint density at radius 3 is 2.31 bits per heavy atom. The first-order chi connectivity index (χ1) is 7.54. The summed E-state index contributed by atoms with van der Waals surface area (Å²) in [7, 11) is 0. The van der Waals surface area contributed by atoms with Gasteiger partial charge in [0.05, 0.1) is 11.2 Å². The van der Waals surface area contributed by atoms with Crippen LogP contribution in [-0.4, -0.2) is 11.3 Å². The Morgan fingerprint density at radius 2 is 1.81 bits per heavy atom. The average molecular weight is 245 g/mol. The zero-order valence-corrected chi connectivity index (χ0v) is 8.68. The molecule has 0 saturated carbocycles. The summed E-state index contributed by atoms with van der Waals surface area (Å²) in [4.78, 5) is 4.05. The summed E-state index contributed by atoms with van der Waals surface area (Å²) >= 11 is 1.43. The van der Waals surface area contributed by atoms with Crippen molar-refractivity contribution >= 4 is 11.3 Å². The van der Waals surface area contributed by atoms with Crippen LogP contribution in [0.4, 0.5) is 13.2 Å². The molecule has 0 fully saturated rings. The van der Waals surface area contributed by atoms with Crippen molar-refractivity contribution in [2.75, 3.05) is 0 Å². The first-order valence-corrected chi connectivity index (χ1v) is 5.23. The monoisotopic (exact) mass is 245 g/mol. The molecule has 1 heterocycles. The van der Waals surface area contributed by atoms with Gasteiger partial charge in [-0.2, -0.15) is 0 Å². The number of rotatable bonds is 2. The van der Waals surface area contributed by atoms with E-state index in [2.05, 4.69) is 9.72 Å². The molecule has 84 valence electrons. The maximum Gasteiger partial charge on any atom is 0.573 e. The highest BCUT2D eigenvalue weighted by atomic mass is 32.1. The summed E-state index contributed by atoms with van der Waals surface area (Å²) in [5.41, 5.74) is 3.16. The van der Waals surface area contributed by atoms with Crippen molar-refractivity contribution in [1.29, 1.82) is 0 Å². The van der Waals surface area contributed by atoms with Crippen LogP contribution in [0.3, 0.4) is 0 Å². The first kappa shape index (κ1) is 10.9. The standard InChI is InChI=1S/C10H6F3NOS/c11-10(12,13)15-8-3-1-7(2-4-8)9-5-16-6-14-9/h1-6H. The molecule has 0 aliphatic heterocycles. The Bertz CT molecular complexity index is 450. The molecule has 2 nitrogen and oxygen atoms in total. The molecule has 0 N–H and O–H groups in total. The summed E-state index contributed by atoms with van der Waals surface area (Å²) in [5.74, 6) is -0.230. The topological polar surface area (TPSA) is 22.1 Å². The molecule has 16 heavy (non-hydrogen) atoms. The number of alkyl halides is 3. The zero-order valence-electron chi connectivity index (χ0n) is 7.86. The molecule has 0 aliphatic carbocycles. The third-order valence-electron chi connectivity index (χ3n) is 1.82. The van der Waals surface area contributed by atoms with E-state index in [1.54, 1.807) is 5.51 Å². The van der Waals surface area contributed by atoms with Gasteiger partial charge in [-0.15, -0.1) is 24.5 Å². The lowest BCUT2D eigenvalue weighted by Crippen LogP contribution is -2.16. The molecule has 0 aliphatic rings. The molecule has 0 radical (unpaired) electrons. The van der Waals surface area contributed by atoms with E-state index in [0.29, 0.717) is 0 Å². The minimum Gasteiger partial charge on any atom is -0.406 e. The highest BCUT2D eigenvalue weighted by molar-refractivity contribution is 7.07. The lowest BCUT2D eigenvalue weighted by atomic mass is 10.2. The number of aromatic nitrogens is 1. The fourth-order valence-electron chi connectivity index (χ4n) is 1.18. The van der Waals surface area contributed by atoms with Crippen molar-refractivity contribution in [3.8, 4) is 17.0 Å². The van der Waals surface area contributed by atoms with Gasteiger partial charge in [-0.1, -0.05) is 0 Å². The van der Waals surface area contributed by atoms with Gasteiger partial charge in [0.1, 0.15) is 5.75 Å². The summed E-state index contributed by atoms with van der Waals surface area (Å²) < 4.78 is 39.4. The van der Waals surface area contributed by atoms with Crippen molar-refractivity contribution in [2.45, 2.75) is 6.36 Å². The molecule has 0 saturated heterocycles. The van der Waals surface area contributed by atoms with Crippen molar-refractivity contribution in [3.63, 3.8) is 0 Å². The van der Waals surface area contributed by atoms with E-state index in [0.717, 1.165) is 11.3 Å². The largest absolute Gasteiger partial charge is 0.573 e. The number of hydrogen-bond donors (Lipinski definition) is 0. The smallest absolute Gasteiger partial charge is 0.406 e. The molecular weight excluding hydrogens is 239 g/mol. The summed E-state index contributed by atoms with van der Waals surface area (Å²) in [5, 5.41) is 1.82. The summed E-state index contributed by atoms with van der Waals surface area (Å²) in [6.07, 6.45) is -4.65. The number of nitrogens with zero attached hydrogens (tertiary/aromatic N) is 1. The van der Waals surface area contributed by atoms with Gasteiger partial charge in [0.2, 0.25) is 0 Å². The fraction of sp³-hybridized carbons (Fsp3) is 0.100. The molecule has 0 bridgehead atoms. The Labute approximate surface area is 93.3 Å². The van der Waals surface area contributed by atoms with Crippen LogP contribution in [0.1, 0.15) is 0 Å². The van der Waals surface area contributed by atoms with Crippen LogP contribution in [-0.2, 0) is 0 Å². The predicted octanol–water partition coefficient (Wildman–Crippen LogP) is 3.71. The van der Waals surface area contributed by atoms with Crippen LogP contribution in [0.2, 0.25) is 0 Å². The van der Waals surface area contributed by atoms with Crippen LogP contribution in [0.15, 0.2) is 35.2 Å². The van der Waals surface area contributed by atoms with Crippen molar-refractivity contribution in [1.82, 2.24) is 4.98 Å². The molecule has 6 heteroatoms. The Kier molecular flexibility index (Phi) is 2.82. The average Bonchev–Trinajstić information content (AvgIpc) is 2.69. The third-order valence-corrected chi connectivity index (χ3v) is 2.40. The third kappa shape index (κ3) is 2.73. The highest BCUT2D eigenvalue weighted by Gasteiger charge is 2.30. The maximum absolute atomic E-state index is 11.9. The van der Waals surface area contributed by atoms with Gasteiger partial charge in [-0.3, -0.25) is 0 Å². The van der Waals surface area contributed by atoms with Crippen molar-refractivity contribution < 1.29 is 17.9 Å². The van der Waals surface area contributed by atoms with E-state index >= 15 is 0 Å². The molecule has 0 amide bonds. The molecule has 1 aromatic heterocycles. The minimum absolute atomic E-state index is 0.230. The molecular formula is C10H6F3NOS. The van der Waals surface area contributed by atoms with Gasteiger partial charge in [0, 0.05) is 10.9 Å². The summed E-state index contributed by atoms with van der Waals surface area (Å²) in [6.45, 7) is 0. The van der Waals surface area contributed by atoms with Crippen LogP contribution in [0.25, 0.3) is 11.3 Å². The number of hydrogen-bond acceptors (Lipinski definition) is 3. The van der Waals surface area contributed by atoms with E-state index in [9.17, 15) is 13.2 Å². The van der Waals surface area contributed by atoms with Gasteiger partial charge in [-0.25, -0.2) is 4.98 Å². The van der Waals surface area contributed by atoms with E-state index in [4.69, 9.17) is 0 Å². The molecule has 0 unspecified atom stereocenters. The van der Waals surface area contributed by atoms with Crippen LogP contribution in [0, 0.1) is 0 Å². The van der Waals surface area contributed by atoms with E-state index in [1.165, 1.54) is 35.6 Å². The maximum atomic E-state index is 11.9. The Morgan fingerprint density at radius 1 is 1.12 bits per heavy atom. The molecule has 2 aromatic rings. The van der Waals surface area contributed by atoms with Gasteiger partial charge < -0.3 is 4.74 Å². The molecule has 0 spiro atoms. The second-order valence-electron chi connectivity index (χ2n) is 2.95. The van der Waals surface area contributed by atoms with E-state index < -0.39 is 6.36 Å². The van der Waals surface area contributed by atoms with Gasteiger partial charge in [-0.05, 0) is 24.3 Å². The van der Waals surface area contributed by atoms with E-state index in [-0.39, 0.29) is 5.75 Å². The van der Waals surface area contributed by atoms with Crippen LogP contribution >= 0.6 is 11.3 Å². The Balaban J connectivity index is 2.17. The lowest BCUT2D eigenvalue weighted by Gasteiger charge is -2.08. The SMILES string of the molecule is FC(F)(F)Oc1ccc(-c2cscn2)cc1. The number of thiazole rings is 1. The van der Waals surface area contributed by atoms with Crippen LogP contribution < -0.4 is 4.74 Å². The van der Waals surface area contributed by atoms with Gasteiger partial charge in [0.15, 0.2) is 0 Å². The minimum atomic E-state index is -4.65. The van der Waals surface area contributed by atoms with Crippen LogP contribution in [0.5, 0.6) is 5.75 Å². The Hall–Kier alpha value is -1.56. The second kappa shape index (κ2) is 4.13. The molecule has 2 rings (SSSR count). The van der Waals surface area contributed by atoms with Gasteiger partial charge in [0.25, 0.3) is 0 Å². The quantitative estimate of drug-likeness (QED) is 0.804. The predicted molar refractivity (Wildman–Crippen MR) is 54.2 cm³/mol.